The predicted molar refractivity (Wildman–Crippen MR) is 52.3 cm³/mol. The first-order valence-electron chi connectivity index (χ1n) is 5.31. The van der Waals surface area contributed by atoms with Crippen molar-refractivity contribution < 1.29 is 9.53 Å². The lowest BCUT2D eigenvalue weighted by Crippen LogP contribution is -2.20. The number of carbonyl (C=O) groups excluding carboxylic acids is 1. The topological polar surface area (TPSA) is 26.3 Å². The van der Waals surface area contributed by atoms with Gasteiger partial charge in [0.2, 0.25) is 0 Å². The molecule has 0 bridgehead atoms. The van der Waals surface area contributed by atoms with Gasteiger partial charge < -0.3 is 4.74 Å². The summed E-state index contributed by atoms with van der Waals surface area (Å²) in [6, 6.07) is 0. The lowest BCUT2D eigenvalue weighted by molar-refractivity contribution is -0.150. The average Bonchev–Trinajstić information content (AvgIpc) is 2.86. The first kappa shape index (κ1) is 10.6. The van der Waals surface area contributed by atoms with Crippen molar-refractivity contribution in [2.24, 2.45) is 17.8 Å². The largest absolute Gasteiger partial charge is 0.465 e. The van der Waals surface area contributed by atoms with Crippen molar-refractivity contribution in [2.75, 3.05) is 6.61 Å². The second-order valence-electron chi connectivity index (χ2n) is 4.38. The standard InChI is InChI=1S/C11H20O2/c1-4-10(9-5-6-9)11(12)13-7-8(2)3/h8-10H,4-7H2,1-3H3. The van der Waals surface area contributed by atoms with E-state index in [1.165, 1.54) is 12.8 Å². The van der Waals surface area contributed by atoms with Gasteiger partial charge in [-0.2, -0.15) is 0 Å². The molecule has 2 heteroatoms. The molecule has 1 aliphatic rings. The van der Waals surface area contributed by atoms with Crippen LogP contribution in [0, 0.1) is 17.8 Å². The Hall–Kier alpha value is -0.530. The van der Waals surface area contributed by atoms with Gasteiger partial charge in [0.1, 0.15) is 0 Å². The summed E-state index contributed by atoms with van der Waals surface area (Å²) in [5, 5.41) is 0. The molecule has 0 aromatic carbocycles. The Kier molecular flexibility index (Phi) is 3.76. The summed E-state index contributed by atoms with van der Waals surface area (Å²) in [5.74, 6) is 1.28. The molecule has 0 aromatic rings. The van der Waals surface area contributed by atoms with E-state index in [4.69, 9.17) is 4.74 Å². The van der Waals surface area contributed by atoms with Crippen molar-refractivity contribution in [3.63, 3.8) is 0 Å². The van der Waals surface area contributed by atoms with Crippen LogP contribution in [0.4, 0.5) is 0 Å². The minimum Gasteiger partial charge on any atom is -0.465 e. The molecular weight excluding hydrogens is 164 g/mol. The zero-order chi connectivity index (χ0) is 9.84. The average molecular weight is 184 g/mol. The van der Waals surface area contributed by atoms with Gasteiger partial charge in [0.15, 0.2) is 0 Å². The summed E-state index contributed by atoms with van der Waals surface area (Å²) in [5.41, 5.74) is 0. The van der Waals surface area contributed by atoms with Crippen LogP contribution in [0.25, 0.3) is 0 Å². The van der Waals surface area contributed by atoms with Crippen LogP contribution in [-0.2, 0) is 9.53 Å². The number of hydrogen-bond acceptors (Lipinski definition) is 2. The quantitative estimate of drug-likeness (QED) is 0.614. The van der Waals surface area contributed by atoms with Gasteiger partial charge in [0.25, 0.3) is 0 Å². The van der Waals surface area contributed by atoms with Crippen LogP contribution in [0.5, 0.6) is 0 Å². The Labute approximate surface area is 80.7 Å². The first-order chi connectivity index (χ1) is 6.15. The fraction of sp³-hybridized carbons (Fsp3) is 0.909. The number of rotatable bonds is 5. The second-order valence-corrected chi connectivity index (χ2v) is 4.38. The van der Waals surface area contributed by atoms with Crippen LogP contribution >= 0.6 is 0 Å². The van der Waals surface area contributed by atoms with E-state index in [-0.39, 0.29) is 11.9 Å². The summed E-state index contributed by atoms with van der Waals surface area (Å²) < 4.78 is 5.22. The van der Waals surface area contributed by atoms with Crippen LogP contribution in [0.1, 0.15) is 40.0 Å². The molecule has 1 fully saturated rings. The highest BCUT2D eigenvalue weighted by molar-refractivity contribution is 5.73. The number of esters is 1. The molecule has 1 atom stereocenters. The highest BCUT2D eigenvalue weighted by Gasteiger charge is 2.35. The van der Waals surface area contributed by atoms with E-state index in [2.05, 4.69) is 20.8 Å². The molecule has 0 aromatic heterocycles. The first-order valence-corrected chi connectivity index (χ1v) is 5.31. The maximum absolute atomic E-state index is 11.5. The minimum atomic E-state index is 0.0266. The predicted octanol–water partition coefficient (Wildman–Crippen LogP) is 2.62. The zero-order valence-corrected chi connectivity index (χ0v) is 8.88. The molecule has 0 spiro atoms. The number of carbonyl (C=O) groups is 1. The number of hydrogen-bond donors (Lipinski definition) is 0. The lowest BCUT2D eigenvalue weighted by atomic mass is 10.0. The van der Waals surface area contributed by atoms with E-state index >= 15 is 0 Å². The van der Waals surface area contributed by atoms with Crippen molar-refractivity contribution in [3.05, 3.63) is 0 Å². The van der Waals surface area contributed by atoms with Gasteiger partial charge in [-0.3, -0.25) is 4.79 Å². The van der Waals surface area contributed by atoms with Crippen molar-refractivity contribution in [1.82, 2.24) is 0 Å². The summed E-state index contributed by atoms with van der Waals surface area (Å²) in [4.78, 5) is 11.5. The molecule has 1 saturated carbocycles. The molecule has 0 saturated heterocycles. The van der Waals surface area contributed by atoms with E-state index < -0.39 is 0 Å². The molecule has 76 valence electrons. The number of ether oxygens (including phenoxy) is 1. The van der Waals surface area contributed by atoms with Crippen LogP contribution in [0.15, 0.2) is 0 Å². The van der Waals surface area contributed by atoms with Crippen LogP contribution < -0.4 is 0 Å². The third kappa shape index (κ3) is 3.37. The maximum atomic E-state index is 11.5. The lowest BCUT2D eigenvalue weighted by Gasteiger charge is -2.14. The fourth-order valence-electron chi connectivity index (χ4n) is 1.55. The third-order valence-electron chi connectivity index (χ3n) is 2.49. The Balaban J connectivity index is 2.27. The maximum Gasteiger partial charge on any atom is 0.309 e. The smallest absolute Gasteiger partial charge is 0.309 e. The molecule has 13 heavy (non-hydrogen) atoms. The van der Waals surface area contributed by atoms with Crippen molar-refractivity contribution in [3.8, 4) is 0 Å². The zero-order valence-electron chi connectivity index (χ0n) is 8.88. The summed E-state index contributed by atoms with van der Waals surface area (Å²) in [6.45, 7) is 6.76. The Morgan fingerprint density at radius 3 is 2.46 bits per heavy atom. The van der Waals surface area contributed by atoms with Crippen LogP contribution in [0.2, 0.25) is 0 Å². The van der Waals surface area contributed by atoms with Gasteiger partial charge in [-0.15, -0.1) is 0 Å². The second kappa shape index (κ2) is 4.64. The van der Waals surface area contributed by atoms with E-state index in [0.29, 0.717) is 18.4 Å². The van der Waals surface area contributed by atoms with Crippen molar-refractivity contribution >= 4 is 5.97 Å². The molecule has 1 aliphatic carbocycles. The summed E-state index contributed by atoms with van der Waals surface area (Å²) in [6.07, 6.45) is 3.37. The van der Waals surface area contributed by atoms with Gasteiger partial charge in [0, 0.05) is 0 Å². The molecule has 1 rings (SSSR count). The molecule has 0 N–H and O–H groups in total. The molecule has 0 aliphatic heterocycles. The van der Waals surface area contributed by atoms with Crippen molar-refractivity contribution in [2.45, 2.75) is 40.0 Å². The molecule has 0 heterocycles. The molecular formula is C11H20O2. The van der Waals surface area contributed by atoms with Crippen LogP contribution in [0.3, 0.4) is 0 Å². The van der Waals surface area contributed by atoms with E-state index in [0.717, 1.165) is 6.42 Å². The van der Waals surface area contributed by atoms with E-state index in [9.17, 15) is 4.79 Å². The van der Waals surface area contributed by atoms with E-state index in [1.54, 1.807) is 0 Å². The highest BCUT2D eigenvalue weighted by Crippen LogP contribution is 2.39. The van der Waals surface area contributed by atoms with Crippen LogP contribution in [-0.4, -0.2) is 12.6 Å². The SMILES string of the molecule is CCC(C(=O)OCC(C)C)C1CC1. The summed E-state index contributed by atoms with van der Waals surface area (Å²) >= 11 is 0. The Morgan fingerprint density at radius 2 is 2.08 bits per heavy atom. The van der Waals surface area contributed by atoms with Gasteiger partial charge in [-0.25, -0.2) is 0 Å². The van der Waals surface area contributed by atoms with Gasteiger partial charge in [-0.05, 0) is 31.1 Å². The highest BCUT2D eigenvalue weighted by atomic mass is 16.5. The normalized spacial score (nSPS) is 18.8. The van der Waals surface area contributed by atoms with Gasteiger partial charge in [0.05, 0.1) is 12.5 Å². The molecule has 1 unspecified atom stereocenters. The Bertz CT molecular complexity index is 171. The minimum absolute atomic E-state index is 0.0266. The molecule has 0 radical (unpaired) electrons. The van der Waals surface area contributed by atoms with Gasteiger partial charge >= 0.3 is 5.97 Å². The monoisotopic (exact) mass is 184 g/mol. The van der Waals surface area contributed by atoms with Gasteiger partial charge in [-0.1, -0.05) is 20.8 Å². The van der Waals surface area contributed by atoms with E-state index in [1.807, 2.05) is 0 Å². The third-order valence-corrected chi connectivity index (χ3v) is 2.49. The summed E-state index contributed by atoms with van der Waals surface area (Å²) in [7, 11) is 0. The van der Waals surface area contributed by atoms with Crippen molar-refractivity contribution in [1.29, 1.82) is 0 Å². The fourth-order valence-corrected chi connectivity index (χ4v) is 1.55. The molecule has 0 amide bonds. The Morgan fingerprint density at radius 1 is 1.46 bits per heavy atom. The molecule has 2 nitrogen and oxygen atoms in total.